The molecule has 0 spiro atoms. The maximum atomic E-state index is 12.8. The zero-order valence-electron chi connectivity index (χ0n) is 15.3. The minimum atomic E-state index is -1.60. The third kappa shape index (κ3) is 8.99. The highest BCUT2D eigenvalue weighted by atomic mass is 35.6. The van der Waals surface area contributed by atoms with Gasteiger partial charge in [0, 0.05) is 29.8 Å². The van der Waals surface area contributed by atoms with Crippen LogP contribution >= 0.6 is 80.9 Å². The van der Waals surface area contributed by atoms with Gasteiger partial charge in [-0.3, -0.25) is 9.59 Å². The molecular formula is C16H21Cl6N3O2S. The lowest BCUT2D eigenvalue weighted by Crippen LogP contribution is -2.49. The molecule has 0 aromatic carbocycles. The Morgan fingerprint density at radius 1 is 1.04 bits per heavy atom. The first-order valence-electron chi connectivity index (χ1n) is 8.34. The first kappa shape index (κ1) is 26.3. The van der Waals surface area contributed by atoms with Gasteiger partial charge in [0.05, 0.1) is 6.04 Å². The number of hydrogen-bond donors (Lipinski definition) is 2. The highest BCUT2D eigenvalue weighted by molar-refractivity contribution is 7.09. The number of carbonyl (C=O) groups is 2. The normalized spacial score (nSPS) is 16.8. The largest absolute Gasteiger partial charge is 0.345 e. The number of nitrogens with one attached hydrogen (secondary N) is 2. The molecule has 4 atom stereocenters. The van der Waals surface area contributed by atoms with E-state index in [1.807, 2.05) is 0 Å². The van der Waals surface area contributed by atoms with Crippen LogP contribution in [0.4, 0.5) is 0 Å². The number of carbonyl (C=O) groups excluding carboxylic acids is 2. The molecule has 160 valence electrons. The van der Waals surface area contributed by atoms with Crippen molar-refractivity contribution in [3.8, 4) is 0 Å². The van der Waals surface area contributed by atoms with Gasteiger partial charge < -0.3 is 10.6 Å². The summed E-state index contributed by atoms with van der Waals surface area (Å²) in [6.45, 7) is 5.09. The van der Waals surface area contributed by atoms with Gasteiger partial charge in [-0.2, -0.15) is 0 Å². The van der Waals surface area contributed by atoms with Gasteiger partial charge in [0.2, 0.25) is 11.8 Å². The molecule has 0 radical (unpaired) electrons. The lowest BCUT2D eigenvalue weighted by atomic mass is 10.0. The molecule has 0 unspecified atom stereocenters. The lowest BCUT2D eigenvalue weighted by molar-refractivity contribution is -0.130. The average molecular weight is 532 g/mol. The molecule has 0 fully saturated rings. The van der Waals surface area contributed by atoms with Crippen LogP contribution < -0.4 is 10.6 Å². The Morgan fingerprint density at radius 3 is 2.07 bits per heavy atom. The quantitative estimate of drug-likeness (QED) is 0.429. The second-order valence-corrected chi connectivity index (χ2v) is 12.2. The fraction of sp³-hybridized carbons (Fsp3) is 0.688. The summed E-state index contributed by atoms with van der Waals surface area (Å²) in [6, 6.07) is -1.27. The maximum absolute atomic E-state index is 12.8. The highest BCUT2D eigenvalue weighted by Gasteiger charge is 2.35. The van der Waals surface area contributed by atoms with Crippen molar-refractivity contribution in [2.75, 3.05) is 0 Å². The van der Waals surface area contributed by atoms with Crippen LogP contribution in [-0.4, -0.2) is 30.4 Å². The fourth-order valence-electron chi connectivity index (χ4n) is 2.19. The monoisotopic (exact) mass is 529 g/mol. The third-order valence-electron chi connectivity index (χ3n) is 4.03. The summed E-state index contributed by atoms with van der Waals surface area (Å²) in [6.07, 6.45) is 1.68. The number of nitrogens with zero attached hydrogens (tertiary/aromatic N) is 1. The Hall–Kier alpha value is 0.310. The van der Waals surface area contributed by atoms with Crippen LogP contribution in [0.1, 0.15) is 44.7 Å². The van der Waals surface area contributed by atoms with Crippen LogP contribution in [0.3, 0.4) is 0 Å². The van der Waals surface area contributed by atoms with Crippen molar-refractivity contribution in [3.63, 3.8) is 0 Å². The Morgan fingerprint density at radius 2 is 1.61 bits per heavy atom. The van der Waals surface area contributed by atoms with Gasteiger partial charge in [-0.25, -0.2) is 4.98 Å². The van der Waals surface area contributed by atoms with Crippen molar-refractivity contribution in [1.29, 1.82) is 0 Å². The van der Waals surface area contributed by atoms with Crippen molar-refractivity contribution >= 4 is 92.8 Å². The second kappa shape index (κ2) is 11.1. The molecular weight excluding hydrogens is 511 g/mol. The first-order chi connectivity index (χ1) is 12.7. The Labute approximate surface area is 198 Å². The topological polar surface area (TPSA) is 71.1 Å². The minimum absolute atomic E-state index is 0.0789. The number of aromatic nitrogens is 1. The lowest BCUT2D eigenvalue weighted by Gasteiger charge is -2.27. The summed E-state index contributed by atoms with van der Waals surface area (Å²) in [7, 11) is 0. The van der Waals surface area contributed by atoms with Gasteiger partial charge >= 0.3 is 0 Å². The van der Waals surface area contributed by atoms with E-state index in [1.54, 1.807) is 32.3 Å². The van der Waals surface area contributed by atoms with E-state index in [0.29, 0.717) is 0 Å². The van der Waals surface area contributed by atoms with Crippen molar-refractivity contribution in [3.05, 3.63) is 16.6 Å². The predicted molar refractivity (Wildman–Crippen MR) is 119 cm³/mol. The summed E-state index contributed by atoms with van der Waals surface area (Å²) < 4.78 is -3.19. The molecule has 28 heavy (non-hydrogen) atoms. The standard InChI is InChI=1S/C16H21Cl6N3O2S/c1-8(15(17,18)19)6-11(25-12(26)7-9(2)16(20,21)22)13(27)24-10(3)14-23-4-5-28-14/h4-5,8-11H,6-7H2,1-3H3,(H,24,27)(H,25,26)/t8-,9-,10-,11-/m0/s1. The Kier molecular flexibility index (Phi) is 10.4. The van der Waals surface area contributed by atoms with Crippen molar-refractivity contribution in [2.45, 2.75) is 53.3 Å². The van der Waals surface area contributed by atoms with E-state index in [1.165, 1.54) is 11.3 Å². The molecule has 12 heteroatoms. The van der Waals surface area contributed by atoms with E-state index in [2.05, 4.69) is 15.6 Å². The molecule has 1 rings (SSSR count). The molecule has 0 saturated carbocycles. The molecule has 2 amide bonds. The number of hydrogen-bond acceptors (Lipinski definition) is 4. The summed E-state index contributed by atoms with van der Waals surface area (Å²) in [5.41, 5.74) is 0. The molecule has 2 N–H and O–H groups in total. The molecule has 1 aromatic rings. The van der Waals surface area contributed by atoms with Crippen molar-refractivity contribution in [2.24, 2.45) is 11.8 Å². The van der Waals surface area contributed by atoms with Gasteiger partial charge in [-0.05, 0) is 13.3 Å². The van der Waals surface area contributed by atoms with Crippen molar-refractivity contribution in [1.82, 2.24) is 15.6 Å². The number of alkyl halides is 6. The van der Waals surface area contributed by atoms with E-state index < -0.39 is 37.3 Å². The average Bonchev–Trinajstić information content (AvgIpc) is 3.06. The minimum Gasteiger partial charge on any atom is -0.345 e. The Bertz CT molecular complexity index is 648. The molecule has 0 bridgehead atoms. The zero-order chi connectivity index (χ0) is 21.7. The van der Waals surface area contributed by atoms with Gasteiger partial charge in [0.1, 0.15) is 11.0 Å². The molecule has 0 aliphatic rings. The van der Waals surface area contributed by atoms with Gasteiger partial charge in [-0.15, -0.1) is 11.3 Å². The fourth-order valence-corrected chi connectivity index (χ4v) is 3.33. The predicted octanol–water partition coefficient (Wildman–Crippen LogP) is 5.60. The molecule has 1 aromatic heterocycles. The van der Waals surface area contributed by atoms with Crippen LogP contribution in [0.25, 0.3) is 0 Å². The maximum Gasteiger partial charge on any atom is 0.243 e. The second-order valence-electron chi connectivity index (χ2n) is 6.55. The molecule has 5 nitrogen and oxygen atoms in total. The number of halogens is 6. The smallest absolute Gasteiger partial charge is 0.243 e. The molecule has 1 heterocycles. The third-order valence-corrected chi connectivity index (χ3v) is 7.22. The van der Waals surface area contributed by atoms with Crippen LogP contribution in [-0.2, 0) is 9.59 Å². The van der Waals surface area contributed by atoms with E-state index in [-0.39, 0.29) is 18.9 Å². The van der Waals surface area contributed by atoms with Gasteiger partial charge in [0.15, 0.2) is 7.59 Å². The van der Waals surface area contributed by atoms with Gasteiger partial charge in [-0.1, -0.05) is 83.5 Å². The van der Waals surface area contributed by atoms with E-state index in [0.717, 1.165) is 5.01 Å². The van der Waals surface area contributed by atoms with E-state index in [9.17, 15) is 9.59 Å². The highest BCUT2D eigenvalue weighted by Crippen LogP contribution is 2.38. The Balaban J connectivity index is 2.86. The zero-order valence-corrected chi connectivity index (χ0v) is 20.7. The van der Waals surface area contributed by atoms with Crippen LogP contribution in [0, 0.1) is 11.8 Å². The van der Waals surface area contributed by atoms with E-state index >= 15 is 0 Å². The SMILES string of the molecule is C[C@H](NC(=O)[C@H](C[C@H](C)C(Cl)(Cl)Cl)NC(=O)C[C@H](C)C(Cl)(Cl)Cl)c1nccs1. The number of rotatable bonds is 8. The summed E-state index contributed by atoms with van der Waals surface area (Å²) in [5, 5.41) is 8.01. The summed E-state index contributed by atoms with van der Waals surface area (Å²) in [4.78, 5) is 29.3. The van der Waals surface area contributed by atoms with Gasteiger partial charge in [0.25, 0.3) is 0 Å². The molecule has 0 saturated heterocycles. The van der Waals surface area contributed by atoms with E-state index in [4.69, 9.17) is 69.6 Å². The van der Waals surface area contributed by atoms with Crippen LogP contribution in [0.15, 0.2) is 11.6 Å². The molecule has 0 aliphatic carbocycles. The molecule has 0 aliphatic heterocycles. The van der Waals surface area contributed by atoms with Crippen LogP contribution in [0.2, 0.25) is 0 Å². The summed E-state index contributed by atoms with van der Waals surface area (Å²) in [5.74, 6) is -1.92. The first-order valence-corrected chi connectivity index (χ1v) is 11.5. The van der Waals surface area contributed by atoms with Crippen molar-refractivity contribution < 1.29 is 9.59 Å². The van der Waals surface area contributed by atoms with Crippen LogP contribution in [0.5, 0.6) is 0 Å². The summed E-state index contributed by atoms with van der Waals surface area (Å²) >= 11 is 36.6. The number of thiazole rings is 1. The number of amides is 2.